The molecule has 0 fully saturated rings. The predicted octanol–water partition coefficient (Wildman–Crippen LogP) is 2.96. The van der Waals surface area contributed by atoms with Crippen molar-refractivity contribution < 1.29 is 9.84 Å². The van der Waals surface area contributed by atoms with E-state index < -0.39 is 0 Å². The molecule has 0 radical (unpaired) electrons. The topological polar surface area (TPSA) is 67.3 Å². The van der Waals surface area contributed by atoms with Gasteiger partial charge in [0.1, 0.15) is 11.6 Å². The number of pyridine rings is 2. The van der Waals surface area contributed by atoms with Gasteiger partial charge >= 0.3 is 0 Å². The van der Waals surface area contributed by atoms with Crippen molar-refractivity contribution in [2.75, 3.05) is 12.4 Å². The fourth-order valence-electron chi connectivity index (χ4n) is 2.12. The average Bonchev–Trinajstić information content (AvgIpc) is 2.53. The number of nitrogens with zero attached hydrogens (tertiary/aromatic N) is 2. The standard InChI is InChI=1S/C16H15N3O2/c1-21-15-5-2-11(9-18-15)10-19-16-14-8-13(20)4-3-12(14)6-7-17-16/h2-9,20H,10H2,1H3,(H,17,19). The molecule has 2 N–H and O–H groups in total. The first-order chi connectivity index (χ1) is 10.3. The van der Waals surface area contributed by atoms with E-state index >= 15 is 0 Å². The summed E-state index contributed by atoms with van der Waals surface area (Å²) in [6, 6.07) is 10.9. The van der Waals surface area contributed by atoms with Gasteiger partial charge in [0.2, 0.25) is 5.88 Å². The number of aromatic hydroxyl groups is 1. The van der Waals surface area contributed by atoms with Crippen molar-refractivity contribution in [3.8, 4) is 11.6 Å². The van der Waals surface area contributed by atoms with E-state index in [0.29, 0.717) is 12.4 Å². The Morgan fingerprint density at radius 3 is 2.81 bits per heavy atom. The molecule has 0 amide bonds. The first-order valence-corrected chi connectivity index (χ1v) is 6.57. The summed E-state index contributed by atoms with van der Waals surface area (Å²) in [4.78, 5) is 8.49. The minimum absolute atomic E-state index is 0.227. The quantitative estimate of drug-likeness (QED) is 0.769. The third-order valence-electron chi connectivity index (χ3n) is 3.22. The van der Waals surface area contributed by atoms with Gasteiger partial charge in [-0.05, 0) is 29.1 Å². The minimum Gasteiger partial charge on any atom is -0.508 e. The molecule has 5 nitrogen and oxygen atoms in total. The van der Waals surface area contributed by atoms with Crippen molar-refractivity contribution in [1.82, 2.24) is 9.97 Å². The minimum atomic E-state index is 0.227. The van der Waals surface area contributed by atoms with E-state index in [-0.39, 0.29) is 5.75 Å². The fraction of sp³-hybridized carbons (Fsp3) is 0.125. The van der Waals surface area contributed by atoms with Crippen LogP contribution in [0.25, 0.3) is 10.8 Å². The molecule has 3 rings (SSSR count). The van der Waals surface area contributed by atoms with Crippen molar-refractivity contribution in [1.29, 1.82) is 0 Å². The van der Waals surface area contributed by atoms with Crippen LogP contribution in [0.1, 0.15) is 5.56 Å². The Morgan fingerprint density at radius 1 is 1.14 bits per heavy atom. The summed E-state index contributed by atoms with van der Waals surface area (Å²) in [5.74, 6) is 1.55. The molecule has 106 valence electrons. The highest BCUT2D eigenvalue weighted by molar-refractivity contribution is 5.92. The molecule has 0 aliphatic carbocycles. The normalized spacial score (nSPS) is 10.5. The third kappa shape index (κ3) is 2.86. The third-order valence-corrected chi connectivity index (χ3v) is 3.22. The number of benzene rings is 1. The van der Waals surface area contributed by atoms with Crippen LogP contribution in [0.3, 0.4) is 0 Å². The Labute approximate surface area is 122 Å². The van der Waals surface area contributed by atoms with Crippen LogP contribution >= 0.6 is 0 Å². The highest BCUT2D eigenvalue weighted by atomic mass is 16.5. The number of ether oxygens (including phenoxy) is 1. The zero-order valence-electron chi connectivity index (χ0n) is 11.6. The van der Waals surface area contributed by atoms with E-state index in [0.717, 1.165) is 22.2 Å². The number of phenolic OH excluding ortho intramolecular Hbond substituents is 1. The summed E-state index contributed by atoms with van der Waals surface area (Å²) in [5, 5.41) is 14.8. The molecule has 2 aromatic heterocycles. The Kier molecular flexibility index (Phi) is 3.55. The highest BCUT2D eigenvalue weighted by Gasteiger charge is 2.04. The van der Waals surface area contributed by atoms with Crippen molar-refractivity contribution in [3.05, 3.63) is 54.4 Å². The van der Waals surface area contributed by atoms with E-state index in [9.17, 15) is 5.11 Å². The molecule has 0 saturated heterocycles. The van der Waals surface area contributed by atoms with E-state index in [2.05, 4.69) is 15.3 Å². The monoisotopic (exact) mass is 281 g/mol. The second kappa shape index (κ2) is 5.66. The zero-order valence-corrected chi connectivity index (χ0v) is 11.6. The van der Waals surface area contributed by atoms with E-state index in [1.54, 1.807) is 31.6 Å². The molecule has 3 aromatic rings. The lowest BCUT2D eigenvalue weighted by Crippen LogP contribution is -2.02. The second-order valence-electron chi connectivity index (χ2n) is 4.63. The van der Waals surface area contributed by atoms with Crippen LogP contribution in [0.4, 0.5) is 5.82 Å². The lowest BCUT2D eigenvalue weighted by atomic mass is 10.1. The molecule has 0 aliphatic heterocycles. The Hall–Kier alpha value is -2.82. The fourth-order valence-corrected chi connectivity index (χ4v) is 2.12. The van der Waals surface area contributed by atoms with Gasteiger partial charge in [0.05, 0.1) is 7.11 Å². The van der Waals surface area contributed by atoms with Crippen LogP contribution in [-0.4, -0.2) is 22.2 Å². The molecular formula is C16H15N3O2. The van der Waals surface area contributed by atoms with Gasteiger partial charge < -0.3 is 15.2 Å². The number of hydrogen-bond acceptors (Lipinski definition) is 5. The lowest BCUT2D eigenvalue weighted by molar-refractivity contribution is 0.397. The van der Waals surface area contributed by atoms with Gasteiger partial charge in [0.15, 0.2) is 0 Å². The lowest BCUT2D eigenvalue weighted by Gasteiger charge is -2.09. The molecule has 2 heterocycles. The number of hydrogen-bond donors (Lipinski definition) is 2. The highest BCUT2D eigenvalue weighted by Crippen LogP contribution is 2.25. The summed E-state index contributed by atoms with van der Waals surface area (Å²) in [7, 11) is 1.59. The Balaban J connectivity index is 1.82. The molecular weight excluding hydrogens is 266 g/mol. The molecule has 21 heavy (non-hydrogen) atoms. The van der Waals surface area contributed by atoms with Crippen LogP contribution in [0.2, 0.25) is 0 Å². The molecule has 0 aliphatic rings. The Morgan fingerprint density at radius 2 is 2.05 bits per heavy atom. The summed E-state index contributed by atoms with van der Waals surface area (Å²) in [6.07, 6.45) is 3.50. The molecule has 0 spiro atoms. The van der Waals surface area contributed by atoms with E-state index in [4.69, 9.17) is 4.74 Å². The van der Waals surface area contributed by atoms with Gasteiger partial charge in [-0.2, -0.15) is 0 Å². The number of aromatic nitrogens is 2. The molecule has 5 heteroatoms. The van der Waals surface area contributed by atoms with E-state index in [1.807, 2.05) is 24.3 Å². The van der Waals surface area contributed by atoms with Crippen molar-refractivity contribution >= 4 is 16.6 Å². The van der Waals surface area contributed by atoms with Gasteiger partial charge in [0.25, 0.3) is 0 Å². The van der Waals surface area contributed by atoms with Crippen LogP contribution < -0.4 is 10.1 Å². The van der Waals surface area contributed by atoms with Gasteiger partial charge in [-0.3, -0.25) is 0 Å². The Bertz CT molecular complexity index is 757. The summed E-state index contributed by atoms with van der Waals surface area (Å²) < 4.78 is 5.03. The van der Waals surface area contributed by atoms with Crippen molar-refractivity contribution in [3.63, 3.8) is 0 Å². The van der Waals surface area contributed by atoms with Gasteiger partial charge in [-0.15, -0.1) is 0 Å². The molecule has 0 saturated carbocycles. The van der Waals surface area contributed by atoms with Gasteiger partial charge in [0, 0.05) is 30.4 Å². The summed E-state index contributed by atoms with van der Waals surface area (Å²) in [6.45, 7) is 0.596. The number of nitrogens with one attached hydrogen (secondary N) is 1. The first-order valence-electron chi connectivity index (χ1n) is 6.57. The number of rotatable bonds is 4. The van der Waals surface area contributed by atoms with Crippen molar-refractivity contribution in [2.45, 2.75) is 6.54 Å². The molecule has 0 unspecified atom stereocenters. The van der Waals surface area contributed by atoms with Crippen LogP contribution in [0.15, 0.2) is 48.8 Å². The van der Waals surface area contributed by atoms with Crippen LogP contribution in [0.5, 0.6) is 11.6 Å². The van der Waals surface area contributed by atoms with Crippen molar-refractivity contribution in [2.24, 2.45) is 0 Å². The number of phenols is 1. The maximum atomic E-state index is 9.62. The average molecular weight is 281 g/mol. The number of anilines is 1. The molecule has 1 aromatic carbocycles. The molecule has 0 atom stereocenters. The zero-order chi connectivity index (χ0) is 14.7. The van der Waals surface area contributed by atoms with E-state index in [1.165, 1.54) is 0 Å². The number of methoxy groups -OCH3 is 1. The maximum absolute atomic E-state index is 9.62. The molecule has 0 bridgehead atoms. The largest absolute Gasteiger partial charge is 0.508 e. The summed E-state index contributed by atoms with van der Waals surface area (Å²) in [5.41, 5.74) is 1.02. The van der Waals surface area contributed by atoms with Crippen LogP contribution in [-0.2, 0) is 6.54 Å². The smallest absolute Gasteiger partial charge is 0.212 e. The summed E-state index contributed by atoms with van der Waals surface area (Å²) >= 11 is 0. The predicted molar refractivity (Wildman–Crippen MR) is 81.5 cm³/mol. The second-order valence-corrected chi connectivity index (χ2v) is 4.63. The van der Waals surface area contributed by atoms with Crippen LogP contribution in [0, 0.1) is 0 Å². The maximum Gasteiger partial charge on any atom is 0.212 e. The first kappa shape index (κ1) is 13.2. The van der Waals surface area contributed by atoms with Gasteiger partial charge in [-0.25, -0.2) is 9.97 Å². The number of fused-ring (bicyclic) bond motifs is 1. The van der Waals surface area contributed by atoms with Gasteiger partial charge in [-0.1, -0.05) is 12.1 Å². The SMILES string of the molecule is COc1ccc(CNc2nccc3ccc(O)cc23)cn1.